The normalized spacial score (nSPS) is 11.7. The molecule has 0 aliphatic carbocycles. The number of amides is 1. The number of anilines is 1. The van der Waals surface area contributed by atoms with Gasteiger partial charge in [-0.2, -0.15) is 8.42 Å². The van der Waals surface area contributed by atoms with Crippen LogP contribution in [0.15, 0.2) is 17.0 Å². The summed E-state index contributed by atoms with van der Waals surface area (Å²) in [5, 5.41) is 14.2. The number of aldehydes is 1. The largest absolute Gasteiger partial charge is 0.367 e. The Balaban J connectivity index is 3.57. The minimum absolute atomic E-state index is 0.00758. The number of nitro groups is 1. The number of carbonyl (C=O) groups is 2. The van der Waals surface area contributed by atoms with Crippen molar-refractivity contribution < 1.29 is 35.5 Å². The van der Waals surface area contributed by atoms with E-state index in [0.29, 0.717) is 11.6 Å². The average Bonchev–Trinajstić information content (AvgIpc) is 2.64. The Labute approximate surface area is 188 Å². The molecule has 0 saturated heterocycles. The number of carbonyl (C=O) groups excluding carboxylic acids is 2. The molecule has 0 unspecified atom stereocenters. The Hall–Kier alpha value is -2.10. The maximum Gasteiger partial charge on any atom is 0.283 e. The molecular formula is C16H22BrN3O9S2. The Morgan fingerprint density at radius 2 is 1.90 bits per heavy atom. The molecule has 0 fully saturated rings. The van der Waals surface area contributed by atoms with Crippen LogP contribution in [0, 0.1) is 10.1 Å². The van der Waals surface area contributed by atoms with Crippen LogP contribution in [-0.2, 0) is 28.9 Å². The smallest absolute Gasteiger partial charge is 0.283 e. The highest BCUT2D eigenvalue weighted by atomic mass is 79.9. The SMILES string of the molecule is CS(=O)(=O)OCCN(CCBr)c1cc(C(=O)NCCC=O)c([N+](=O)[O-])cc1S(C)(=O)=O. The predicted octanol–water partition coefficient (Wildman–Crippen LogP) is 0.495. The highest BCUT2D eigenvalue weighted by Crippen LogP contribution is 2.33. The molecule has 174 valence electrons. The predicted molar refractivity (Wildman–Crippen MR) is 116 cm³/mol. The van der Waals surface area contributed by atoms with Gasteiger partial charge >= 0.3 is 0 Å². The fraction of sp³-hybridized carbons (Fsp3) is 0.500. The van der Waals surface area contributed by atoms with Crippen molar-refractivity contribution >= 4 is 59.5 Å². The van der Waals surface area contributed by atoms with Gasteiger partial charge in [-0.25, -0.2) is 8.42 Å². The molecule has 0 aliphatic rings. The van der Waals surface area contributed by atoms with E-state index in [-0.39, 0.29) is 38.3 Å². The molecule has 31 heavy (non-hydrogen) atoms. The van der Waals surface area contributed by atoms with Crippen LogP contribution in [-0.4, -0.2) is 78.0 Å². The number of nitrogens with one attached hydrogen (secondary N) is 1. The van der Waals surface area contributed by atoms with Gasteiger partial charge in [0.1, 0.15) is 11.8 Å². The zero-order chi connectivity index (χ0) is 23.8. The van der Waals surface area contributed by atoms with E-state index in [4.69, 9.17) is 4.18 Å². The van der Waals surface area contributed by atoms with Gasteiger partial charge in [-0.1, -0.05) is 15.9 Å². The van der Waals surface area contributed by atoms with Crippen LogP contribution in [0.2, 0.25) is 0 Å². The second kappa shape index (κ2) is 11.5. The third-order valence-corrected chi connectivity index (χ3v) is 5.89. The van der Waals surface area contributed by atoms with Crippen LogP contribution >= 0.6 is 15.9 Å². The molecular weight excluding hydrogens is 522 g/mol. The zero-order valence-corrected chi connectivity index (χ0v) is 20.0. The molecule has 0 atom stereocenters. The van der Waals surface area contributed by atoms with Crippen molar-refractivity contribution in [3.63, 3.8) is 0 Å². The van der Waals surface area contributed by atoms with E-state index in [1.165, 1.54) is 4.90 Å². The first-order valence-corrected chi connectivity index (χ1v) is 13.5. The van der Waals surface area contributed by atoms with Crippen molar-refractivity contribution in [2.24, 2.45) is 0 Å². The number of hydrogen-bond donors (Lipinski definition) is 1. The second-order valence-electron chi connectivity index (χ2n) is 6.28. The molecule has 0 heterocycles. The molecule has 1 rings (SSSR count). The van der Waals surface area contributed by atoms with Crippen molar-refractivity contribution in [2.45, 2.75) is 11.3 Å². The van der Waals surface area contributed by atoms with Gasteiger partial charge in [0.05, 0.1) is 28.4 Å². The lowest BCUT2D eigenvalue weighted by Gasteiger charge is -2.26. The molecule has 15 heteroatoms. The summed E-state index contributed by atoms with van der Waals surface area (Å²) in [5.41, 5.74) is -1.15. The summed E-state index contributed by atoms with van der Waals surface area (Å²) in [4.78, 5) is 34.6. The van der Waals surface area contributed by atoms with Gasteiger partial charge in [-0.15, -0.1) is 0 Å². The molecule has 1 N–H and O–H groups in total. The average molecular weight is 544 g/mol. The highest BCUT2D eigenvalue weighted by molar-refractivity contribution is 9.09. The Morgan fingerprint density at radius 1 is 1.26 bits per heavy atom. The van der Waals surface area contributed by atoms with Gasteiger partial charge in [0, 0.05) is 43.7 Å². The quantitative estimate of drug-likeness (QED) is 0.0921. The van der Waals surface area contributed by atoms with Gasteiger partial charge in [0.2, 0.25) is 0 Å². The van der Waals surface area contributed by atoms with E-state index in [2.05, 4.69) is 21.2 Å². The first kappa shape index (κ1) is 26.9. The van der Waals surface area contributed by atoms with E-state index in [1.54, 1.807) is 0 Å². The van der Waals surface area contributed by atoms with Crippen molar-refractivity contribution in [3.8, 4) is 0 Å². The topological polar surface area (TPSA) is 170 Å². The summed E-state index contributed by atoms with van der Waals surface area (Å²) in [6.45, 7) is -0.270. The Kier molecular flexibility index (Phi) is 9.99. The van der Waals surface area contributed by atoms with E-state index in [0.717, 1.165) is 24.6 Å². The molecule has 1 aromatic rings. The number of halogens is 1. The van der Waals surface area contributed by atoms with Crippen molar-refractivity contribution in [1.82, 2.24) is 5.32 Å². The van der Waals surface area contributed by atoms with Crippen LogP contribution in [0.4, 0.5) is 11.4 Å². The lowest BCUT2D eigenvalue weighted by atomic mass is 10.1. The van der Waals surface area contributed by atoms with Gasteiger partial charge in [-0.3, -0.25) is 19.1 Å². The van der Waals surface area contributed by atoms with Crippen LogP contribution in [0.25, 0.3) is 0 Å². The third kappa shape index (κ3) is 8.51. The van der Waals surface area contributed by atoms with Crippen LogP contribution < -0.4 is 10.2 Å². The molecule has 0 aromatic heterocycles. The highest BCUT2D eigenvalue weighted by Gasteiger charge is 2.29. The minimum Gasteiger partial charge on any atom is -0.367 e. The fourth-order valence-electron chi connectivity index (χ4n) is 2.53. The van der Waals surface area contributed by atoms with Gasteiger partial charge in [-0.05, 0) is 6.07 Å². The van der Waals surface area contributed by atoms with Crippen LogP contribution in [0.5, 0.6) is 0 Å². The first-order valence-electron chi connectivity index (χ1n) is 8.71. The molecule has 12 nitrogen and oxygen atoms in total. The third-order valence-electron chi connectivity index (χ3n) is 3.82. The van der Waals surface area contributed by atoms with E-state index in [9.17, 15) is 36.5 Å². The molecule has 0 bridgehead atoms. The lowest BCUT2D eigenvalue weighted by molar-refractivity contribution is -0.385. The van der Waals surface area contributed by atoms with E-state index >= 15 is 0 Å². The summed E-state index contributed by atoms with van der Waals surface area (Å²) in [7, 11) is -7.71. The van der Waals surface area contributed by atoms with Gasteiger partial charge in [0.25, 0.3) is 21.7 Å². The summed E-state index contributed by atoms with van der Waals surface area (Å²) in [5.74, 6) is -0.860. The minimum atomic E-state index is -3.97. The molecule has 0 aliphatic heterocycles. The van der Waals surface area contributed by atoms with Crippen LogP contribution in [0.3, 0.4) is 0 Å². The number of sulfone groups is 1. The molecule has 0 radical (unpaired) electrons. The van der Waals surface area contributed by atoms with Crippen LogP contribution in [0.1, 0.15) is 16.8 Å². The maximum absolute atomic E-state index is 12.5. The number of alkyl halides is 1. The monoisotopic (exact) mass is 543 g/mol. The fourth-order valence-corrected chi connectivity index (χ4v) is 4.23. The number of nitrogens with zero attached hydrogens (tertiary/aromatic N) is 2. The molecule has 1 amide bonds. The summed E-state index contributed by atoms with van der Waals surface area (Å²) >= 11 is 3.21. The lowest BCUT2D eigenvalue weighted by Crippen LogP contribution is -2.32. The molecule has 0 spiro atoms. The number of benzene rings is 1. The molecule has 1 aromatic carbocycles. The van der Waals surface area contributed by atoms with Gasteiger partial charge in [0.15, 0.2) is 9.84 Å². The maximum atomic E-state index is 12.5. The zero-order valence-electron chi connectivity index (χ0n) is 16.7. The number of hydrogen-bond acceptors (Lipinski definition) is 10. The van der Waals surface area contributed by atoms with E-state index < -0.39 is 46.9 Å². The van der Waals surface area contributed by atoms with Gasteiger partial charge < -0.3 is 15.0 Å². The molecule has 0 saturated carbocycles. The number of rotatable bonds is 13. The summed E-state index contributed by atoms with van der Waals surface area (Å²) < 4.78 is 51.8. The van der Waals surface area contributed by atoms with Crippen molar-refractivity contribution in [2.75, 3.05) is 49.0 Å². The summed E-state index contributed by atoms with van der Waals surface area (Å²) in [6, 6.07) is 1.85. The van der Waals surface area contributed by atoms with Crippen molar-refractivity contribution in [3.05, 3.63) is 27.8 Å². The standard InChI is InChI=1S/C16H22BrN3O9S2/c1-30(25,26)15-11-13(20(23)24)12(16(22)18-5-3-8-21)10-14(15)19(6-4-17)7-9-29-31(2,27)28/h8,10-11H,3-7,9H2,1-2H3,(H,18,22). The first-order chi connectivity index (χ1) is 14.3. The summed E-state index contributed by atoms with van der Waals surface area (Å²) in [6.07, 6.45) is 2.27. The second-order valence-corrected chi connectivity index (χ2v) is 10.7. The number of nitro benzene ring substituents is 1. The van der Waals surface area contributed by atoms with E-state index in [1.807, 2.05) is 0 Å². The van der Waals surface area contributed by atoms with Crippen molar-refractivity contribution in [1.29, 1.82) is 0 Å². The Morgan fingerprint density at radius 3 is 2.39 bits per heavy atom. The Bertz CT molecular complexity index is 1040.